The predicted octanol–water partition coefficient (Wildman–Crippen LogP) is 8.44. The number of amides is 1. The van der Waals surface area contributed by atoms with E-state index in [4.69, 9.17) is 9.16 Å². The summed E-state index contributed by atoms with van der Waals surface area (Å²) in [5.74, 6) is 0.962. The average molecular weight is 588 g/mol. The van der Waals surface area contributed by atoms with Gasteiger partial charge in [-0.25, -0.2) is 0 Å². The molecule has 0 aliphatic heterocycles. The molecule has 4 aliphatic rings. The average Bonchev–Trinajstić information content (AvgIpc) is 3.13. The van der Waals surface area contributed by atoms with Gasteiger partial charge in [-0.05, 0) is 97.6 Å². The van der Waals surface area contributed by atoms with Gasteiger partial charge in [-0.15, -0.1) is 0 Å². The van der Waals surface area contributed by atoms with Gasteiger partial charge in [0.15, 0.2) is 8.32 Å². The molecule has 4 aliphatic carbocycles. The van der Waals surface area contributed by atoms with Crippen LogP contribution in [0.5, 0.6) is 0 Å². The van der Waals surface area contributed by atoms with E-state index in [9.17, 15) is 9.59 Å². The lowest BCUT2D eigenvalue weighted by atomic mass is 9.43. The molecule has 2 fully saturated rings. The number of nitrogens with one attached hydrogen (secondary N) is 1. The highest BCUT2D eigenvalue weighted by Gasteiger charge is 2.64. The second-order valence-electron chi connectivity index (χ2n) is 17.0. The molecule has 7 atom stereocenters. The zero-order valence-electron chi connectivity index (χ0n) is 28.5. The number of esters is 1. The molecule has 0 radical (unpaired) electrons. The van der Waals surface area contributed by atoms with Crippen LogP contribution >= 0.6 is 0 Å². The Hall–Kier alpha value is -1.14. The van der Waals surface area contributed by atoms with Crippen LogP contribution in [0.1, 0.15) is 121 Å². The van der Waals surface area contributed by atoms with Crippen LogP contribution in [-0.4, -0.2) is 39.4 Å². The third-order valence-corrected chi connectivity index (χ3v) is 18.3. The van der Waals surface area contributed by atoms with E-state index < -0.39 is 8.32 Å². The molecule has 0 bridgehead atoms. The maximum Gasteiger partial charge on any atom is 0.302 e. The van der Waals surface area contributed by atoms with E-state index in [1.807, 2.05) is 0 Å². The van der Waals surface area contributed by atoms with E-state index in [-0.39, 0.29) is 50.6 Å². The molecule has 0 aromatic rings. The van der Waals surface area contributed by atoms with Crippen molar-refractivity contribution in [2.75, 3.05) is 13.2 Å². The molecule has 6 heteroatoms. The number of carbonyl (C=O) groups is 2. The van der Waals surface area contributed by atoms with Gasteiger partial charge in [-0.1, -0.05) is 73.5 Å². The lowest BCUT2D eigenvalue weighted by Gasteiger charge is -2.62. The summed E-state index contributed by atoms with van der Waals surface area (Å²) in [5.41, 5.74) is 3.87. The van der Waals surface area contributed by atoms with Crippen molar-refractivity contribution in [3.05, 3.63) is 11.1 Å². The van der Waals surface area contributed by atoms with Crippen molar-refractivity contribution in [2.24, 2.45) is 39.4 Å². The van der Waals surface area contributed by atoms with Crippen LogP contribution in [0.3, 0.4) is 0 Å². The maximum absolute atomic E-state index is 13.5. The topological polar surface area (TPSA) is 64.6 Å². The van der Waals surface area contributed by atoms with E-state index in [1.54, 1.807) is 18.1 Å². The fourth-order valence-corrected chi connectivity index (χ4v) is 11.0. The highest BCUT2D eigenvalue weighted by atomic mass is 28.4. The Labute approximate surface area is 252 Å². The van der Waals surface area contributed by atoms with E-state index in [0.717, 1.165) is 38.5 Å². The summed E-state index contributed by atoms with van der Waals surface area (Å²) in [4.78, 5) is 25.4. The Morgan fingerprint density at radius 3 is 2.24 bits per heavy atom. The van der Waals surface area contributed by atoms with Gasteiger partial charge in [0.1, 0.15) is 6.10 Å². The van der Waals surface area contributed by atoms with E-state index in [0.29, 0.717) is 25.0 Å². The van der Waals surface area contributed by atoms with Gasteiger partial charge in [0, 0.05) is 24.8 Å². The maximum atomic E-state index is 13.5. The van der Waals surface area contributed by atoms with Gasteiger partial charge in [-0.3, -0.25) is 9.59 Å². The molecular formula is C35H61NO4Si. The third kappa shape index (κ3) is 5.29. The summed E-state index contributed by atoms with van der Waals surface area (Å²) >= 11 is 0. The predicted molar refractivity (Wildman–Crippen MR) is 170 cm³/mol. The fourth-order valence-electron chi connectivity index (χ4n) is 9.96. The minimum atomic E-state index is -1.81. The molecule has 0 unspecified atom stereocenters. The number of hydrogen-bond donors (Lipinski definition) is 1. The largest absolute Gasteiger partial charge is 0.462 e. The van der Waals surface area contributed by atoms with Gasteiger partial charge in [0.2, 0.25) is 5.91 Å². The van der Waals surface area contributed by atoms with E-state index in [2.05, 4.69) is 80.7 Å². The van der Waals surface area contributed by atoms with Crippen molar-refractivity contribution in [3.8, 4) is 0 Å². The van der Waals surface area contributed by atoms with E-state index >= 15 is 0 Å². The van der Waals surface area contributed by atoms with Crippen molar-refractivity contribution < 1.29 is 18.8 Å². The van der Waals surface area contributed by atoms with Crippen molar-refractivity contribution in [1.29, 1.82) is 0 Å². The highest BCUT2D eigenvalue weighted by molar-refractivity contribution is 6.74. The fraction of sp³-hybridized carbons (Fsp3) is 0.886. The van der Waals surface area contributed by atoms with Crippen LogP contribution in [0.2, 0.25) is 18.1 Å². The molecule has 234 valence electrons. The van der Waals surface area contributed by atoms with Crippen LogP contribution in [0.15, 0.2) is 11.1 Å². The Morgan fingerprint density at radius 1 is 0.976 bits per heavy atom. The minimum Gasteiger partial charge on any atom is -0.462 e. The first-order valence-electron chi connectivity index (χ1n) is 16.5. The molecule has 41 heavy (non-hydrogen) atoms. The van der Waals surface area contributed by atoms with Gasteiger partial charge in [0.25, 0.3) is 0 Å². The zero-order chi connectivity index (χ0) is 30.8. The Bertz CT molecular complexity index is 1070. The Kier molecular flexibility index (Phi) is 8.62. The summed E-state index contributed by atoms with van der Waals surface area (Å²) in [6.45, 7) is 28.5. The van der Waals surface area contributed by atoms with Crippen molar-refractivity contribution in [1.82, 2.24) is 5.32 Å². The summed E-state index contributed by atoms with van der Waals surface area (Å²) in [6, 6.07) is 0. The molecule has 0 aromatic heterocycles. The van der Waals surface area contributed by atoms with Crippen LogP contribution in [-0.2, 0) is 18.8 Å². The van der Waals surface area contributed by atoms with Crippen LogP contribution in [0.4, 0.5) is 0 Å². The van der Waals surface area contributed by atoms with Crippen molar-refractivity contribution in [2.45, 2.75) is 145 Å². The molecule has 0 spiro atoms. The second kappa shape index (κ2) is 10.8. The SMILES string of the molecule is CC(=O)O[C@H]1CC[C@]2(C)C3=C(CC[C@H]2C1(C)C)[C@]1(C)CC[C@H]([C@H](C)C(=O)NCCO[Si](C)(C)C(C)(C)C)[C@@]1(C)CC3. The number of hydrogen-bond acceptors (Lipinski definition) is 4. The van der Waals surface area contributed by atoms with Crippen LogP contribution in [0.25, 0.3) is 0 Å². The second-order valence-corrected chi connectivity index (χ2v) is 21.8. The van der Waals surface area contributed by atoms with E-state index in [1.165, 1.54) is 12.8 Å². The number of ether oxygens (including phenoxy) is 1. The standard InChI is InChI=1S/C35H61NO4Si/c1-23(30(38)36-21-22-39-41(11,12)31(3,4)5)25-15-19-35(10)27-13-14-28-32(6,7)29(40-24(2)37)17-18-33(28,8)26(27)16-20-34(25,35)9/h23,25,28-29H,13-22H2,1-12H3,(H,36,38)/t23-,25+,28-,29-,33+,34+,35-/m0/s1. The first kappa shape index (κ1) is 32.8. The third-order valence-electron chi connectivity index (χ3n) is 13.7. The van der Waals surface area contributed by atoms with Crippen LogP contribution < -0.4 is 5.32 Å². The molecule has 4 rings (SSSR count). The molecule has 0 saturated heterocycles. The summed E-state index contributed by atoms with van der Waals surface area (Å²) in [5, 5.41) is 3.42. The van der Waals surface area contributed by atoms with Crippen molar-refractivity contribution in [3.63, 3.8) is 0 Å². The quantitative estimate of drug-likeness (QED) is 0.140. The number of fused-ring (bicyclic) bond motifs is 4. The normalized spacial score (nSPS) is 37.5. The molecule has 0 aromatic carbocycles. The Balaban J connectivity index is 1.49. The van der Waals surface area contributed by atoms with Gasteiger partial charge < -0.3 is 14.5 Å². The lowest BCUT2D eigenvalue weighted by Crippen LogP contribution is -2.56. The zero-order valence-corrected chi connectivity index (χ0v) is 29.5. The van der Waals surface area contributed by atoms with Gasteiger partial charge in [0.05, 0.1) is 6.61 Å². The number of carbonyl (C=O) groups excluding carboxylic acids is 2. The smallest absolute Gasteiger partial charge is 0.302 e. The summed E-state index contributed by atoms with van der Waals surface area (Å²) in [6.07, 6.45) is 8.98. The molecule has 1 N–H and O–H groups in total. The first-order valence-corrected chi connectivity index (χ1v) is 19.4. The van der Waals surface area contributed by atoms with Gasteiger partial charge in [-0.2, -0.15) is 0 Å². The molecule has 5 nitrogen and oxygen atoms in total. The first-order chi connectivity index (χ1) is 18.7. The van der Waals surface area contributed by atoms with Gasteiger partial charge >= 0.3 is 5.97 Å². The summed E-state index contributed by atoms with van der Waals surface area (Å²) in [7, 11) is -1.81. The molecule has 1 amide bonds. The number of allylic oxidation sites excluding steroid dienone is 2. The summed E-state index contributed by atoms with van der Waals surface area (Å²) < 4.78 is 12.2. The minimum absolute atomic E-state index is 0.00173. The molecular weight excluding hydrogens is 526 g/mol. The lowest BCUT2D eigenvalue weighted by molar-refractivity contribution is -0.167. The Morgan fingerprint density at radius 2 is 1.63 bits per heavy atom. The molecule has 2 saturated carbocycles. The molecule has 0 heterocycles. The van der Waals surface area contributed by atoms with Crippen molar-refractivity contribution >= 4 is 20.2 Å². The highest BCUT2D eigenvalue weighted by Crippen LogP contribution is 2.72. The monoisotopic (exact) mass is 587 g/mol. The van der Waals surface area contributed by atoms with Crippen LogP contribution in [0, 0.1) is 39.4 Å². The number of rotatable bonds is 7.